The smallest absolute Gasteiger partial charge is 0.420 e. The first kappa shape index (κ1) is 36.0. The third-order valence-electron chi connectivity index (χ3n) is 6.15. The van der Waals surface area contributed by atoms with Crippen LogP contribution in [0.25, 0.3) is 12.2 Å². The van der Waals surface area contributed by atoms with E-state index < -0.39 is 23.7 Å². The van der Waals surface area contributed by atoms with Gasteiger partial charge in [0.25, 0.3) is 0 Å². The molecule has 0 bridgehead atoms. The van der Waals surface area contributed by atoms with Gasteiger partial charge in [-0.05, 0) is 82.9 Å². The maximum Gasteiger partial charge on any atom is 0.420 e. The second-order valence-electron chi connectivity index (χ2n) is 11.0. The second-order valence-corrected chi connectivity index (χ2v) is 11.4. The zero-order valence-electron chi connectivity index (χ0n) is 26.4. The van der Waals surface area contributed by atoms with Gasteiger partial charge in [-0.2, -0.15) is 0 Å². The standard InChI is InChI=1S/C35H44ClN3O5/c1-8-14-25(16-12-17-26-18-13-19-27(36)22-26)23-28(24-33(41)43-11-4)37-32(40)21-20-31-38-29(15-9-2)30(10-3)39(31)34(42)44-35(5,6)7/h8-10,12-16,18-19,22,28H,1,3,11,17,20-21,23-24H2,2,4-7H3,(H,37,40)/b15-9-,16-12-,25-14+/t28-/m1/s1. The number of allylic oxidation sites excluding steroid dienone is 5. The molecule has 2 rings (SSSR count). The number of esters is 1. The molecule has 0 aliphatic rings. The molecule has 1 amide bonds. The normalized spacial score (nSPS) is 12.7. The Morgan fingerprint density at radius 3 is 2.55 bits per heavy atom. The van der Waals surface area contributed by atoms with E-state index in [0.29, 0.717) is 35.1 Å². The largest absolute Gasteiger partial charge is 0.466 e. The van der Waals surface area contributed by atoms with Gasteiger partial charge in [-0.15, -0.1) is 0 Å². The molecule has 0 radical (unpaired) electrons. The van der Waals surface area contributed by atoms with Crippen molar-refractivity contribution in [3.8, 4) is 0 Å². The third kappa shape index (κ3) is 12.2. The van der Waals surface area contributed by atoms with Gasteiger partial charge in [0.05, 0.1) is 24.4 Å². The molecule has 236 valence electrons. The molecule has 1 aromatic heterocycles. The zero-order chi connectivity index (χ0) is 32.7. The van der Waals surface area contributed by atoms with Gasteiger partial charge in [-0.25, -0.2) is 14.3 Å². The van der Waals surface area contributed by atoms with E-state index in [0.717, 1.165) is 11.1 Å². The Morgan fingerprint density at radius 1 is 1.18 bits per heavy atom. The Labute approximate surface area is 266 Å². The molecule has 9 heteroatoms. The van der Waals surface area contributed by atoms with E-state index in [9.17, 15) is 14.4 Å². The molecule has 0 aliphatic heterocycles. The summed E-state index contributed by atoms with van der Waals surface area (Å²) in [6.45, 7) is 16.8. The van der Waals surface area contributed by atoms with Crippen molar-refractivity contribution < 1.29 is 23.9 Å². The van der Waals surface area contributed by atoms with Crippen LogP contribution in [0.3, 0.4) is 0 Å². The highest BCUT2D eigenvalue weighted by Crippen LogP contribution is 2.20. The Morgan fingerprint density at radius 2 is 1.93 bits per heavy atom. The Balaban J connectivity index is 2.23. The highest BCUT2D eigenvalue weighted by Gasteiger charge is 2.25. The molecular weight excluding hydrogens is 578 g/mol. The number of aromatic nitrogens is 2. The van der Waals surface area contributed by atoms with Crippen LogP contribution in [0.15, 0.2) is 73.4 Å². The van der Waals surface area contributed by atoms with Gasteiger partial charge >= 0.3 is 12.1 Å². The van der Waals surface area contributed by atoms with Crippen molar-refractivity contribution in [1.29, 1.82) is 0 Å². The highest BCUT2D eigenvalue weighted by atomic mass is 35.5. The van der Waals surface area contributed by atoms with Gasteiger partial charge in [-0.3, -0.25) is 9.59 Å². The van der Waals surface area contributed by atoms with Crippen LogP contribution in [0.2, 0.25) is 5.02 Å². The summed E-state index contributed by atoms with van der Waals surface area (Å²) in [6, 6.07) is 7.09. The summed E-state index contributed by atoms with van der Waals surface area (Å²) >= 11 is 6.10. The number of hydrogen-bond acceptors (Lipinski definition) is 6. The number of nitrogens with zero attached hydrogens (tertiary/aromatic N) is 2. The minimum absolute atomic E-state index is 0.00517. The number of aryl methyl sites for hydroxylation is 1. The maximum absolute atomic E-state index is 13.2. The van der Waals surface area contributed by atoms with Crippen LogP contribution in [0.4, 0.5) is 4.79 Å². The maximum atomic E-state index is 13.2. The molecule has 2 aromatic rings. The van der Waals surface area contributed by atoms with Gasteiger partial charge in [-0.1, -0.05) is 67.3 Å². The highest BCUT2D eigenvalue weighted by molar-refractivity contribution is 6.30. The summed E-state index contributed by atoms with van der Waals surface area (Å²) in [6.07, 6.45) is 13.2. The molecule has 44 heavy (non-hydrogen) atoms. The van der Waals surface area contributed by atoms with Crippen LogP contribution in [0.5, 0.6) is 0 Å². The summed E-state index contributed by atoms with van der Waals surface area (Å²) in [5.41, 5.74) is 2.24. The number of hydrogen-bond donors (Lipinski definition) is 1. The van der Waals surface area contributed by atoms with Gasteiger partial charge in [0, 0.05) is 23.9 Å². The minimum atomic E-state index is -0.727. The van der Waals surface area contributed by atoms with Gasteiger partial charge in [0.1, 0.15) is 11.4 Å². The van der Waals surface area contributed by atoms with Gasteiger partial charge in [0.2, 0.25) is 5.91 Å². The fourth-order valence-electron chi connectivity index (χ4n) is 4.41. The molecule has 0 unspecified atom stereocenters. The summed E-state index contributed by atoms with van der Waals surface area (Å²) < 4.78 is 12.1. The van der Waals surface area contributed by atoms with E-state index in [4.69, 9.17) is 21.1 Å². The first-order valence-corrected chi connectivity index (χ1v) is 15.1. The number of ether oxygens (including phenoxy) is 2. The quantitative estimate of drug-likeness (QED) is 0.162. The number of rotatable bonds is 15. The monoisotopic (exact) mass is 621 g/mol. The fraction of sp³-hybridized carbons (Fsp3) is 0.371. The lowest BCUT2D eigenvalue weighted by atomic mass is 10.0. The lowest BCUT2D eigenvalue weighted by molar-refractivity contribution is -0.143. The zero-order valence-corrected chi connectivity index (χ0v) is 27.2. The average molecular weight is 622 g/mol. The first-order chi connectivity index (χ1) is 20.9. The van der Waals surface area contributed by atoms with Crippen molar-refractivity contribution >= 4 is 41.7 Å². The van der Waals surface area contributed by atoms with Crippen LogP contribution in [0, 0.1) is 0 Å². The molecule has 1 N–H and O–H groups in total. The molecule has 0 spiro atoms. The number of imidazole rings is 1. The van der Waals surface area contributed by atoms with E-state index in [1.54, 1.807) is 45.9 Å². The number of carbonyl (C=O) groups is 3. The lowest BCUT2D eigenvalue weighted by Gasteiger charge is -2.21. The molecule has 0 saturated carbocycles. The fourth-order valence-corrected chi connectivity index (χ4v) is 4.63. The van der Waals surface area contributed by atoms with Crippen molar-refractivity contribution in [2.45, 2.75) is 78.4 Å². The van der Waals surface area contributed by atoms with Gasteiger partial charge < -0.3 is 14.8 Å². The van der Waals surface area contributed by atoms with Crippen molar-refractivity contribution in [2.24, 2.45) is 0 Å². The van der Waals surface area contributed by atoms with Crippen LogP contribution < -0.4 is 5.32 Å². The number of carbonyl (C=O) groups excluding carboxylic acids is 3. The lowest BCUT2D eigenvalue weighted by Crippen LogP contribution is -2.37. The van der Waals surface area contributed by atoms with E-state index in [-0.39, 0.29) is 31.8 Å². The van der Waals surface area contributed by atoms with Crippen molar-refractivity contribution in [1.82, 2.24) is 14.9 Å². The number of amides is 1. The SMILES string of the molecule is C=C/C=C(\C=C/Cc1cccc(Cl)c1)C[C@H](CC(=O)OCC)NC(=O)CCc1nc(/C=C\C)c(C=C)n1C(=O)OC(C)(C)C. The molecule has 0 fully saturated rings. The summed E-state index contributed by atoms with van der Waals surface area (Å²) in [4.78, 5) is 43.3. The molecule has 1 atom stereocenters. The third-order valence-corrected chi connectivity index (χ3v) is 6.39. The van der Waals surface area contributed by atoms with Crippen LogP contribution in [0.1, 0.15) is 76.7 Å². The van der Waals surface area contributed by atoms with E-state index in [2.05, 4.69) is 23.5 Å². The first-order valence-electron chi connectivity index (χ1n) is 14.7. The molecule has 1 aromatic carbocycles. The summed E-state index contributed by atoms with van der Waals surface area (Å²) in [5, 5.41) is 3.64. The molecule has 0 aliphatic carbocycles. The van der Waals surface area contributed by atoms with E-state index in [1.807, 2.05) is 55.5 Å². The number of nitrogens with one attached hydrogen (secondary N) is 1. The van der Waals surface area contributed by atoms with E-state index in [1.165, 1.54) is 4.57 Å². The Bertz CT molecular complexity index is 1410. The molecular formula is C35H44ClN3O5. The van der Waals surface area contributed by atoms with Crippen molar-refractivity contribution in [3.05, 3.63) is 101 Å². The van der Waals surface area contributed by atoms with Crippen LogP contribution in [-0.4, -0.2) is 45.8 Å². The Hall–Kier alpha value is -4.17. The molecule has 1 heterocycles. The Kier molecular flexibility index (Phi) is 14.6. The summed E-state index contributed by atoms with van der Waals surface area (Å²) in [5.74, 6) is -0.340. The van der Waals surface area contributed by atoms with Crippen LogP contribution in [-0.2, 0) is 31.9 Å². The second kappa shape index (κ2) is 17.8. The molecule has 8 nitrogen and oxygen atoms in total. The average Bonchev–Trinajstić information content (AvgIpc) is 3.28. The molecule has 0 saturated heterocycles. The predicted octanol–water partition coefficient (Wildman–Crippen LogP) is 7.67. The van der Waals surface area contributed by atoms with E-state index >= 15 is 0 Å². The van der Waals surface area contributed by atoms with Crippen molar-refractivity contribution in [2.75, 3.05) is 6.61 Å². The number of benzene rings is 1. The summed E-state index contributed by atoms with van der Waals surface area (Å²) in [7, 11) is 0. The predicted molar refractivity (Wildman–Crippen MR) is 177 cm³/mol. The topological polar surface area (TPSA) is 99.5 Å². The number of halogens is 1. The van der Waals surface area contributed by atoms with Gasteiger partial charge in [0.15, 0.2) is 0 Å². The minimum Gasteiger partial charge on any atom is -0.466 e. The van der Waals surface area contributed by atoms with Crippen molar-refractivity contribution in [3.63, 3.8) is 0 Å². The van der Waals surface area contributed by atoms with Crippen LogP contribution >= 0.6 is 11.6 Å².